The lowest BCUT2D eigenvalue weighted by Gasteiger charge is -2.19. The molecule has 0 bridgehead atoms. The Labute approximate surface area is 133 Å². The Morgan fingerprint density at radius 1 is 1.19 bits per heavy atom. The second kappa shape index (κ2) is 5.68. The molecule has 1 aliphatic rings. The molecule has 1 unspecified atom stereocenters. The normalized spacial score (nSPS) is 14.7. The highest BCUT2D eigenvalue weighted by molar-refractivity contribution is 6.35. The van der Waals surface area contributed by atoms with Gasteiger partial charge in [-0.2, -0.15) is 0 Å². The minimum atomic E-state index is -0.0456. The molecule has 0 fully saturated rings. The molecule has 0 radical (unpaired) electrons. The first-order valence-corrected chi connectivity index (χ1v) is 7.39. The van der Waals surface area contributed by atoms with Crippen LogP contribution in [0.5, 0.6) is 0 Å². The Bertz CT molecular complexity index is 715. The first-order valence-electron chi connectivity index (χ1n) is 6.63. The van der Waals surface area contributed by atoms with Gasteiger partial charge in [-0.1, -0.05) is 41.4 Å². The molecule has 21 heavy (non-hydrogen) atoms. The van der Waals surface area contributed by atoms with Gasteiger partial charge in [-0.25, -0.2) is 0 Å². The second-order valence-electron chi connectivity index (χ2n) is 5.03. The van der Waals surface area contributed by atoms with Gasteiger partial charge in [-0.05, 0) is 41.9 Å². The molecule has 108 valence electrons. The molecule has 1 atom stereocenters. The van der Waals surface area contributed by atoms with Crippen LogP contribution in [-0.4, -0.2) is 13.0 Å². The van der Waals surface area contributed by atoms with Gasteiger partial charge >= 0.3 is 0 Å². The molecule has 1 heterocycles. The van der Waals surface area contributed by atoms with Crippen molar-refractivity contribution in [1.82, 2.24) is 5.32 Å². The van der Waals surface area contributed by atoms with E-state index in [0.717, 1.165) is 22.4 Å². The predicted octanol–water partition coefficient (Wildman–Crippen LogP) is 3.80. The van der Waals surface area contributed by atoms with Crippen LogP contribution in [0, 0.1) is 0 Å². The maximum absolute atomic E-state index is 11.4. The SMILES string of the molecule is CNC(c1ccc2c(c1)CC(=O)N2)c1ccc(Cl)cc1Cl. The van der Waals surface area contributed by atoms with Crippen LogP contribution in [0.1, 0.15) is 22.7 Å². The lowest BCUT2D eigenvalue weighted by Crippen LogP contribution is -2.18. The molecule has 3 nitrogen and oxygen atoms in total. The van der Waals surface area contributed by atoms with Crippen molar-refractivity contribution in [1.29, 1.82) is 0 Å². The summed E-state index contributed by atoms with van der Waals surface area (Å²) in [5, 5.41) is 7.34. The van der Waals surface area contributed by atoms with Crippen molar-refractivity contribution in [3.05, 3.63) is 63.1 Å². The highest BCUT2D eigenvalue weighted by atomic mass is 35.5. The third kappa shape index (κ3) is 2.77. The molecule has 2 N–H and O–H groups in total. The average Bonchev–Trinajstić information content (AvgIpc) is 2.81. The third-order valence-electron chi connectivity index (χ3n) is 3.65. The van der Waals surface area contributed by atoms with Gasteiger partial charge in [0.2, 0.25) is 5.91 Å². The first kappa shape index (κ1) is 14.4. The van der Waals surface area contributed by atoms with Crippen molar-refractivity contribution >= 4 is 34.8 Å². The number of hydrogen-bond acceptors (Lipinski definition) is 2. The van der Waals surface area contributed by atoms with Gasteiger partial charge in [0.15, 0.2) is 0 Å². The van der Waals surface area contributed by atoms with E-state index in [1.165, 1.54) is 0 Å². The van der Waals surface area contributed by atoms with Crippen molar-refractivity contribution < 1.29 is 4.79 Å². The molecule has 3 rings (SSSR count). The van der Waals surface area contributed by atoms with Crippen LogP contribution in [0.25, 0.3) is 0 Å². The molecule has 2 aromatic carbocycles. The topological polar surface area (TPSA) is 41.1 Å². The minimum Gasteiger partial charge on any atom is -0.326 e. The van der Waals surface area contributed by atoms with Gasteiger partial charge in [0, 0.05) is 15.7 Å². The van der Waals surface area contributed by atoms with E-state index in [1.54, 1.807) is 6.07 Å². The molecular weight excluding hydrogens is 307 g/mol. The van der Waals surface area contributed by atoms with Crippen molar-refractivity contribution in [2.75, 3.05) is 12.4 Å². The number of fused-ring (bicyclic) bond motifs is 1. The van der Waals surface area contributed by atoms with Crippen molar-refractivity contribution in [3.8, 4) is 0 Å². The zero-order valence-corrected chi connectivity index (χ0v) is 12.9. The lowest BCUT2D eigenvalue weighted by atomic mass is 9.96. The quantitative estimate of drug-likeness (QED) is 0.903. The molecule has 5 heteroatoms. The summed E-state index contributed by atoms with van der Waals surface area (Å²) in [4.78, 5) is 11.4. The zero-order chi connectivity index (χ0) is 15.0. The second-order valence-corrected chi connectivity index (χ2v) is 5.87. The molecular formula is C16H14Cl2N2O. The largest absolute Gasteiger partial charge is 0.326 e. The smallest absolute Gasteiger partial charge is 0.228 e. The maximum atomic E-state index is 11.4. The number of hydrogen-bond donors (Lipinski definition) is 2. The van der Waals surface area contributed by atoms with Gasteiger partial charge in [-0.15, -0.1) is 0 Å². The number of amides is 1. The number of halogens is 2. The summed E-state index contributed by atoms with van der Waals surface area (Å²) in [6.45, 7) is 0. The number of anilines is 1. The van der Waals surface area contributed by atoms with Gasteiger partial charge in [0.05, 0.1) is 12.5 Å². The molecule has 1 amide bonds. The van der Waals surface area contributed by atoms with E-state index in [1.807, 2.05) is 37.4 Å². The van der Waals surface area contributed by atoms with Crippen LogP contribution < -0.4 is 10.6 Å². The first-order chi connectivity index (χ1) is 10.1. The van der Waals surface area contributed by atoms with Gasteiger partial charge in [0.1, 0.15) is 0 Å². The van der Waals surface area contributed by atoms with Crippen molar-refractivity contribution in [2.24, 2.45) is 0 Å². The molecule has 0 aromatic heterocycles. The average molecular weight is 321 g/mol. The molecule has 0 aliphatic carbocycles. The number of rotatable bonds is 3. The number of carbonyl (C=O) groups excluding carboxylic acids is 1. The third-order valence-corrected chi connectivity index (χ3v) is 4.21. The van der Waals surface area contributed by atoms with Gasteiger partial charge in [-0.3, -0.25) is 4.79 Å². The van der Waals surface area contributed by atoms with Gasteiger partial charge in [0.25, 0.3) is 0 Å². The van der Waals surface area contributed by atoms with Gasteiger partial charge < -0.3 is 10.6 Å². The Morgan fingerprint density at radius 3 is 2.71 bits per heavy atom. The van der Waals surface area contributed by atoms with Crippen molar-refractivity contribution in [3.63, 3.8) is 0 Å². The number of carbonyl (C=O) groups is 1. The monoisotopic (exact) mass is 320 g/mol. The Morgan fingerprint density at radius 2 is 2.00 bits per heavy atom. The maximum Gasteiger partial charge on any atom is 0.228 e. The molecule has 0 saturated carbocycles. The Balaban J connectivity index is 2.01. The van der Waals surface area contributed by atoms with E-state index in [-0.39, 0.29) is 11.9 Å². The summed E-state index contributed by atoms with van der Waals surface area (Å²) in [6.07, 6.45) is 0.425. The summed E-state index contributed by atoms with van der Waals surface area (Å²) in [5.74, 6) is 0.0349. The number of benzene rings is 2. The summed E-state index contributed by atoms with van der Waals surface area (Å²) in [6, 6.07) is 11.4. The van der Waals surface area contributed by atoms with Crippen LogP contribution in [0.2, 0.25) is 10.0 Å². The fourth-order valence-corrected chi connectivity index (χ4v) is 3.18. The van der Waals surface area contributed by atoms with E-state index in [2.05, 4.69) is 10.6 Å². The highest BCUT2D eigenvalue weighted by Crippen LogP contribution is 2.33. The summed E-state index contributed by atoms with van der Waals surface area (Å²) in [5.41, 5.74) is 3.93. The lowest BCUT2D eigenvalue weighted by molar-refractivity contribution is -0.115. The summed E-state index contributed by atoms with van der Waals surface area (Å²) >= 11 is 12.3. The highest BCUT2D eigenvalue weighted by Gasteiger charge is 2.21. The van der Waals surface area contributed by atoms with E-state index in [9.17, 15) is 4.79 Å². The Kier molecular flexibility index (Phi) is 3.89. The summed E-state index contributed by atoms with van der Waals surface area (Å²) < 4.78 is 0. The standard InChI is InChI=1S/C16H14Cl2N2O/c1-19-16(12-4-3-11(17)8-13(12)18)9-2-5-14-10(6-9)7-15(21)20-14/h2-6,8,16,19H,7H2,1H3,(H,20,21). The Hall–Kier alpha value is -1.55. The predicted molar refractivity (Wildman–Crippen MR) is 86.1 cm³/mol. The van der Waals surface area contributed by atoms with E-state index in [0.29, 0.717) is 16.5 Å². The zero-order valence-electron chi connectivity index (χ0n) is 11.4. The molecule has 0 saturated heterocycles. The van der Waals surface area contributed by atoms with Crippen LogP contribution in [0.3, 0.4) is 0 Å². The van der Waals surface area contributed by atoms with Crippen LogP contribution in [0.15, 0.2) is 36.4 Å². The molecule has 2 aromatic rings. The molecule has 0 spiro atoms. The summed E-state index contributed by atoms with van der Waals surface area (Å²) in [7, 11) is 1.88. The van der Waals surface area contributed by atoms with Crippen LogP contribution in [-0.2, 0) is 11.2 Å². The van der Waals surface area contributed by atoms with Crippen LogP contribution >= 0.6 is 23.2 Å². The molecule has 1 aliphatic heterocycles. The number of nitrogens with one attached hydrogen (secondary N) is 2. The fraction of sp³-hybridized carbons (Fsp3) is 0.188. The van der Waals surface area contributed by atoms with E-state index in [4.69, 9.17) is 23.2 Å². The fourth-order valence-electron chi connectivity index (χ4n) is 2.67. The van der Waals surface area contributed by atoms with E-state index < -0.39 is 0 Å². The van der Waals surface area contributed by atoms with E-state index >= 15 is 0 Å². The van der Waals surface area contributed by atoms with Crippen molar-refractivity contribution in [2.45, 2.75) is 12.5 Å². The minimum absolute atomic E-state index is 0.0349. The van der Waals surface area contributed by atoms with Crippen LogP contribution in [0.4, 0.5) is 5.69 Å².